The fourth-order valence-corrected chi connectivity index (χ4v) is 4.69. The van der Waals surface area contributed by atoms with Gasteiger partial charge in [0.15, 0.2) is 0 Å². The number of amides is 1. The van der Waals surface area contributed by atoms with Crippen LogP contribution in [0, 0.1) is 6.92 Å². The first-order valence-corrected chi connectivity index (χ1v) is 11.9. The lowest BCUT2D eigenvalue weighted by molar-refractivity contribution is 0.102. The Labute approximate surface area is 199 Å². The lowest BCUT2D eigenvalue weighted by Gasteiger charge is -2.26. The molecule has 34 heavy (non-hydrogen) atoms. The molecule has 0 aliphatic carbocycles. The van der Waals surface area contributed by atoms with Gasteiger partial charge in [0.1, 0.15) is 0 Å². The van der Waals surface area contributed by atoms with Gasteiger partial charge in [-0.3, -0.25) is 14.8 Å². The highest BCUT2D eigenvalue weighted by Crippen LogP contribution is 2.24. The predicted molar refractivity (Wildman–Crippen MR) is 136 cm³/mol. The van der Waals surface area contributed by atoms with Crippen molar-refractivity contribution in [3.05, 3.63) is 84.0 Å². The number of hydrogen-bond donors (Lipinski definition) is 2. The highest BCUT2D eigenvalue weighted by Gasteiger charge is 2.14. The number of unbranched alkanes of at least 4 members (excludes halogenated alkanes) is 1. The second kappa shape index (κ2) is 10.1. The van der Waals surface area contributed by atoms with Gasteiger partial charge in [-0.15, -0.1) is 0 Å². The van der Waals surface area contributed by atoms with E-state index in [1.807, 2.05) is 18.5 Å². The summed E-state index contributed by atoms with van der Waals surface area (Å²) in [6, 6.07) is 14.6. The minimum absolute atomic E-state index is 0.185. The Hall–Kier alpha value is -3.71. The molecule has 0 spiro atoms. The van der Waals surface area contributed by atoms with Crippen molar-refractivity contribution >= 4 is 28.2 Å². The van der Waals surface area contributed by atoms with Crippen LogP contribution in [0.15, 0.2) is 67.3 Å². The van der Waals surface area contributed by atoms with Crippen LogP contribution >= 0.6 is 0 Å². The van der Waals surface area contributed by atoms with Gasteiger partial charge in [0.25, 0.3) is 5.91 Å². The average molecular weight is 455 g/mol. The number of fused-ring (bicyclic) bond motifs is 1. The molecule has 1 amide bonds. The van der Waals surface area contributed by atoms with Crippen LogP contribution in [0.2, 0.25) is 0 Å². The Kier molecular flexibility index (Phi) is 6.53. The lowest BCUT2D eigenvalue weighted by atomic mass is 9.99. The van der Waals surface area contributed by atoms with E-state index >= 15 is 0 Å². The number of imidazole rings is 1. The van der Waals surface area contributed by atoms with Gasteiger partial charge in [-0.05, 0) is 61.6 Å². The Morgan fingerprint density at radius 3 is 2.76 bits per heavy atom. The zero-order valence-electron chi connectivity index (χ0n) is 19.5. The number of aryl methyl sites for hydroxylation is 2. The average Bonchev–Trinajstić information content (AvgIpc) is 3.54. The molecule has 5 rings (SSSR count). The van der Waals surface area contributed by atoms with Crippen LogP contribution in [0.25, 0.3) is 16.6 Å². The summed E-state index contributed by atoms with van der Waals surface area (Å²) < 4.78 is 2.23. The third kappa shape index (κ3) is 4.94. The van der Waals surface area contributed by atoms with Gasteiger partial charge in [0, 0.05) is 31.5 Å². The van der Waals surface area contributed by atoms with Crippen molar-refractivity contribution in [1.29, 1.82) is 0 Å². The zero-order valence-corrected chi connectivity index (χ0v) is 19.5. The number of aromatic amines is 1. The number of aromatic nitrogens is 4. The molecule has 3 heterocycles. The molecule has 0 bridgehead atoms. The van der Waals surface area contributed by atoms with Gasteiger partial charge >= 0.3 is 0 Å². The second-order valence-electron chi connectivity index (χ2n) is 8.89. The van der Waals surface area contributed by atoms with Crippen molar-refractivity contribution in [2.24, 2.45) is 0 Å². The summed E-state index contributed by atoms with van der Waals surface area (Å²) in [5.74, 6) is -0.185. The smallest absolute Gasteiger partial charge is 0.258 e. The number of H-pyrrole nitrogens is 1. The first kappa shape index (κ1) is 22.1. The van der Waals surface area contributed by atoms with Crippen molar-refractivity contribution in [2.45, 2.75) is 32.7 Å². The number of anilines is 1. The molecule has 1 aliphatic rings. The van der Waals surface area contributed by atoms with E-state index in [0.29, 0.717) is 5.56 Å². The van der Waals surface area contributed by atoms with E-state index in [0.717, 1.165) is 67.7 Å². The van der Waals surface area contributed by atoms with Gasteiger partial charge in [-0.25, -0.2) is 4.98 Å². The molecule has 2 aromatic carbocycles. The van der Waals surface area contributed by atoms with Gasteiger partial charge in [-0.2, -0.15) is 5.10 Å². The third-order valence-electron chi connectivity index (χ3n) is 6.48. The molecule has 0 unspecified atom stereocenters. The fourth-order valence-electron chi connectivity index (χ4n) is 4.69. The minimum Gasteiger partial charge on any atom is -0.330 e. The molecule has 1 aliphatic heterocycles. The van der Waals surface area contributed by atoms with Gasteiger partial charge in [0.2, 0.25) is 0 Å². The number of benzene rings is 2. The van der Waals surface area contributed by atoms with Crippen molar-refractivity contribution in [3.63, 3.8) is 0 Å². The Bertz CT molecular complexity index is 1290. The number of rotatable bonds is 8. The monoisotopic (exact) mass is 454 g/mol. The molecule has 7 nitrogen and oxygen atoms in total. The molecule has 174 valence electrons. The largest absolute Gasteiger partial charge is 0.330 e. The Balaban J connectivity index is 1.14. The molecule has 0 atom stereocenters. The SMILES string of the molecule is Cc1cc(NC(=O)c2cn[nH]c2)cc2ncn(CCCCN3CC=C(c4ccccc4)CC3)c12. The number of nitrogens with zero attached hydrogens (tertiary/aromatic N) is 4. The minimum atomic E-state index is -0.185. The quantitative estimate of drug-likeness (QED) is 0.372. The van der Waals surface area contributed by atoms with E-state index in [9.17, 15) is 4.79 Å². The van der Waals surface area contributed by atoms with Crippen molar-refractivity contribution in [3.8, 4) is 0 Å². The highest BCUT2D eigenvalue weighted by atomic mass is 16.1. The molecule has 4 aromatic rings. The fraction of sp³-hybridized carbons (Fsp3) is 0.296. The maximum Gasteiger partial charge on any atom is 0.258 e. The summed E-state index contributed by atoms with van der Waals surface area (Å²) in [4.78, 5) is 19.4. The maximum atomic E-state index is 12.3. The first-order chi connectivity index (χ1) is 16.7. The molecular formula is C27H30N6O. The van der Waals surface area contributed by atoms with E-state index in [1.54, 1.807) is 6.20 Å². The van der Waals surface area contributed by atoms with Crippen LogP contribution in [-0.4, -0.2) is 50.2 Å². The van der Waals surface area contributed by atoms with Crippen LogP contribution in [0.1, 0.15) is 40.7 Å². The lowest BCUT2D eigenvalue weighted by Crippen LogP contribution is -2.29. The summed E-state index contributed by atoms with van der Waals surface area (Å²) in [5, 5.41) is 9.42. The van der Waals surface area contributed by atoms with E-state index in [1.165, 1.54) is 17.3 Å². The van der Waals surface area contributed by atoms with Crippen molar-refractivity contribution in [1.82, 2.24) is 24.6 Å². The van der Waals surface area contributed by atoms with E-state index in [2.05, 4.69) is 73.3 Å². The number of carbonyl (C=O) groups excluding carboxylic acids is 1. The normalized spacial score (nSPS) is 14.3. The molecule has 2 N–H and O–H groups in total. The summed E-state index contributed by atoms with van der Waals surface area (Å²) in [5.41, 5.74) is 7.21. The molecule has 7 heteroatoms. The number of nitrogens with one attached hydrogen (secondary N) is 2. The van der Waals surface area contributed by atoms with Crippen molar-refractivity contribution < 1.29 is 4.79 Å². The summed E-state index contributed by atoms with van der Waals surface area (Å²) in [7, 11) is 0. The van der Waals surface area contributed by atoms with Gasteiger partial charge < -0.3 is 9.88 Å². The van der Waals surface area contributed by atoms with Gasteiger partial charge in [0.05, 0.1) is 29.1 Å². The third-order valence-corrected chi connectivity index (χ3v) is 6.48. The summed E-state index contributed by atoms with van der Waals surface area (Å²) in [6.45, 7) is 6.29. The molecule has 0 fully saturated rings. The molecule has 2 aromatic heterocycles. The first-order valence-electron chi connectivity index (χ1n) is 11.9. The molecule has 0 saturated heterocycles. The standard InChI is InChI=1S/C27H30N6O/c1-20-15-24(31-27(34)23-17-29-30-18-23)16-25-26(20)33(19-28-25)12-6-5-11-32-13-9-22(10-14-32)21-7-3-2-4-8-21/h2-4,7-9,15-19H,5-6,10-14H2,1H3,(H,29,30)(H,31,34). The van der Waals surface area contributed by atoms with E-state index < -0.39 is 0 Å². The summed E-state index contributed by atoms with van der Waals surface area (Å²) in [6.07, 6.45) is 10.8. The van der Waals surface area contributed by atoms with Gasteiger partial charge in [-0.1, -0.05) is 36.4 Å². The molecule has 0 radical (unpaired) electrons. The zero-order chi connectivity index (χ0) is 23.3. The Morgan fingerprint density at radius 2 is 2.00 bits per heavy atom. The van der Waals surface area contributed by atoms with Crippen molar-refractivity contribution in [2.75, 3.05) is 25.0 Å². The Morgan fingerprint density at radius 1 is 1.15 bits per heavy atom. The van der Waals surface area contributed by atoms with Crippen LogP contribution in [-0.2, 0) is 6.54 Å². The number of carbonyl (C=O) groups is 1. The van der Waals surface area contributed by atoms with E-state index in [-0.39, 0.29) is 5.91 Å². The maximum absolute atomic E-state index is 12.3. The van der Waals surface area contributed by atoms with Crippen LogP contribution in [0.5, 0.6) is 0 Å². The molecular weight excluding hydrogens is 424 g/mol. The highest BCUT2D eigenvalue weighted by molar-refractivity contribution is 6.04. The van der Waals surface area contributed by atoms with Crippen LogP contribution in [0.4, 0.5) is 5.69 Å². The molecule has 0 saturated carbocycles. The summed E-state index contributed by atoms with van der Waals surface area (Å²) >= 11 is 0. The number of hydrogen-bond acceptors (Lipinski definition) is 4. The predicted octanol–water partition coefficient (Wildman–Crippen LogP) is 4.89. The topological polar surface area (TPSA) is 78.8 Å². The van der Waals surface area contributed by atoms with E-state index in [4.69, 9.17) is 0 Å². The van der Waals surface area contributed by atoms with Crippen LogP contribution in [0.3, 0.4) is 0 Å². The second-order valence-corrected chi connectivity index (χ2v) is 8.89. The van der Waals surface area contributed by atoms with Crippen LogP contribution < -0.4 is 5.32 Å².